The van der Waals surface area contributed by atoms with Crippen molar-refractivity contribution in [2.75, 3.05) is 18.4 Å². The second-order valence-electron chi connectivity index (χ2n) is 9.57. The van der Waals surface area contributed by atoms with Gasteiger partial charge in [-0.2, -0.15) is 18.3 Å². The smallest absolute Gasteiger partial charge is 0.343 e. The minimum absolute atomic E-state index is 0.0918. The van der Waals surface area contributed by atoms with Crippen molar-refractivity contribution in [2.24, 2.45) is 7.05 Å². The summed E-state index contributed by atoms with van der Waals surface area (Å²) in [6, 6.07) is 13.0. The predicted octanol–water partition coefficient (Wildman–Crippen LogP) is 5.35. The Morgan fingerprint density at radius 1 is 1.00 bits per heavy atom. The number of aromatic nitrogens is 2. The molecule has 2 amide bonds. The lowest BCUT2D eigenvalue weighted by Crippen LogP contribution is -2.37. The number of anilines is 1. The van der Waals surface area contributed by atoms with Gasteiger partial charge in [0.05, 0.1) is 18.2 Å². The average Bonchev–Trinajstić information content (AvgIpc) is 3.28. The number of nitrogens with one attached hydrogen (secondary N) is 1. The van der Waals surface area contributed by atoms with Gasteiger partial charge < -0.3 is 10.2 Å². The molecule has 6 nitrogen and oxygen atoms in total. The van der Waals surface area contributed by atoms with Crippen molar-refractivity contribution in [2.45, 2.75) is 50.6 Å². The van der Waals surface area contributed by atoms with Crippen LogP contribution in [0, 0.1) is 0 Å². The Morgan fingerprint density at radius 3 is 2.27 bits per heavy atom. The highest BCUT2D eigenvalue weighted by Gasteiger charge is 2.30. The summed E-state index contributed by atoms with van der Waals surface area (Å²) in [6.45, 7) is 1.38. The Morgan fingerprint density at radius 2 is 1.68 bits per heavy atom. The van der Waals surface area contributed by atoms with Gasteiger partial charge in [-0.1, -0.05) is 24.3 Å². The molecule has 2 heterocycles. The molecule has 37 heavy (non-hydrogen) atoms. The van der Waals surface area contributed by atoms with Crippen molar-refractivity contribution in [3.8, 4) is 0 Å². The molecule has 9 heteroatoms. The third-order valence-corrected chi connectivity index (χ3v) is 6.77. The standard InChI is InChI=1S/C28H31F3N4O2/c1-34-19-21(18-32-34)17-26(36)33-25-11-7-22(8-12-25)23-13-15-35(16-14-23)27(37)4-2-3-20-5-9-24(10-6-20)28(29,30)31/h5-12,18-19,23H,2-4,13-17H2,1H3,(H,33,36). The van der Waals surface area contributed by atoms with E-state index in [0.29, 0.717) is 38.3 Å². The van der Waals surface area contributed by atoms with Crippen LogP contribution in [0.2, 0.25) is 0 Å². The van der Waals surface area contributed by atoms with Gasteiger partial charge >= 0.3 is 6.18 Å². The third kappa shape index (κ3) is 7.44. The van der Waals surface area contributed by atoms with Crippen molar-refractivity contribution in [1.82, 2.24) is 14.7 Å². The van der Waals surface area contributed by atoms with Gasteiger partial charge in [-0.25, -0.2) is 0 Å². The highest BCUT2D eigenvalue weighted by Crippen LogP contribution is 2.30. The Kier molecular flexibility index (Phi) is 8.31. The summed E-state index contributed by atoms with van der Waals surface area (Å²) in [6.07, 6.45) is 2.75. The number of piperidine rings is 1. The number of halogens is 3. The molecular weight excluding hydrogens is 481 g/mol. The highest BCUT2D eigenvalue weighted by atomic mass is 19.4. The lowest BCUT2D eigenvalue weighted by atomic mass is 9.89. The lowest BCUT2D eigenvalue weighted by Gasteiger charge is -2.32. The average molecular weight is 513 g/mol. The number of rotatable bonds is 8. The van der Waals surface area contributed by atoms with Crippen molar-refractivity contribution in [1.29, 1.82) is 0 Å². The van der Waals surface area contributed by atoms with Gasteiger partial charge in [0.1, 0.15) is 0 Å². The largest absolute Gasteiger partial charge is 0.416 e. The van der Waals surface area contributed by atoms with Crippen LogP contribution in [-0.4, -0.2) is 39.6 Å². The second-order valence-corrected chi connectivity index (χ2v) is 9.57. The molecule has 3 aromatic rings. The molecular formula is C28H31F3N4O2. The third-order valence-electron chi connectivity index (χ3n) is 6.77. The molecule has 1 fully saturated rings. The highest BCUT2D eigenvalue weighted by molar-refractivity contribution is 5.92. The molecule has 1 aromatic heterocycles. The van der Waals surface area contributed by atoms with Gasteiger partial charge in [0, 0.05) is 38.4 Å². The number of nitrogens with zero attached hydrogens (tertiary/aromatic N) is 3. The topological polar surface area (TPSA) is 67.2 Å². The zero-order valence-electron chi connectivity index (χ0n) is 20.8. The first-order chi connectivity index (χ1) is 17.7. The van der Waals surface area contributed by atoms with E-state index in [9.17, 15) is 22.8 Å². The number of hydrogen-bond acceptors (Lipinski definition) is 3. The van der Waals surface area contributed by atoms with Crippen molar-refractivity contribution in [3.05, 3.63) is 83.2 Å². The van der Waals surface area contributed by atoms with Crippen LogP contribution in [0.15, 0.2) is 60.9 Å². The Balaban J connectivity index is 1.18. The zero-order chi connectivity index (χ0) is 26.4. The Labute approximate surface area is 214 Å². The monoisotopic (exact) mass is 512 g/mol. The zero-order valence-corrected chi connectivity index (χ0v) is 20.8. The van der Waals surface area contributed by atoms with Crippen LogP contribution in [0.25, 0.3) is 0 Å². The van der Waals surface area contributed by atoms with E-state index in [2.05, 4.69) is 10.4 Å². The number of alkyl halides is 3. The quantitative estimate of drug-likeness (QED) is 0.443. The first-order valence-corrected chi connectivity index (χ1v) is 12.5. The fourth-order valence-electron chi connectivity index (χ4n) is 4.72. The molecule has 0 unspecified atom stereocenters. The van der Waals surface area contributed by atoms with E-state index in [0.717, 1.165) is 41.8 Å². The van der Waals surface area contributed by atoms with Crippen LogP contribution in [-0.2, 0) is 35.7 Å². The SMILES string of the molecule is Cn1cc(CC(=O)Nc2ccc(C3CCN(C(=O)CCCc4ccc(C(F)(F)F)cc4)CC3)cc2)cn1. The summed E-state index contributed by atoms with van der Waals surface area (Å²) in [5.41, 5.74) is 2.95. The molecule has 4 rings (SSSR count). The molecule has 1 saturated heterocycles. The van der Waals surface area contributed by atoms with Crippen LogP contribution in [0.1, 0.15) is 53.9 Å². The van der Waals surface area contributed by atoms with Gasteiger partial charge in [0.15, 0.2) is 0 Å². The van der Waals surface area contributed by atoms with E-state index >= 15 is 0 Å². The molecule has 1 aliphatic heterocycles. The van der Waals surface area contributed by atoms with Crippen LogP contribution >= 0.6 is 0 Å². The summed E-state index contributed by atoms with van der Waals surface area (Å²) < 4.78 is 39.7. The van der Waals surface area contributed by atoms with Crippen molar-refractivity contribution in [3.63, 3.8) is 0 Å². The van der Waals surface area contributed by atoms with E-state index in [4.69, 9.17) is 0 Å². The number of aryl methyl sites for hydroxylation is 2. The number of amides is 2. The molecule has 0 atom stereocenters. The van der Waals surface area contributed by atoms with Gasteiger partial charge in [0.2, 0.25) is 11.8 Å². The van der Waals surface area contributed by atoms with Crippen molar-refractivity contribution >= 4 is 17.5 Å². The Bertz CT molecular complexity index is 1200. The first-order valence-electron chi connectivity index (χ1n) is 12.5. The fraction of sp³-hybridized carbons (Fsp3) is 0.393. The van der Waals surface area contributed by atoms with E-state index in [1.807, 2.05) is 42.4 Å². The molecule has 0 bridgehead atoms. The maximum absolute atomic E-state index is 12.7. The summed E-state index contributed by atoms with van der Waals surface area (Å²) in [4.78, 5) is 26.8. The van der Waals surface area contributed by atoms with E-state index < -0.39 is 11.7 Å². The second kappa shape index (κ2) is 11.6. The summed E-state index contributed by atoms with van der Waals surface area (Å²) in [5, 5.41) is 6.99. The van der Waals surface area contributed by atoms with E-state index in [1.54, 1.807) is 10.9 Å². The van der Waals surface area contributed by atoms with Gasteiger partial charge in [-0.15, -0.1) is 0 Å². The Hall–Kier alpha value is -3.62. The number of carbonyl (C=O) groups is 2. The van der Waals surface area contributed by atoms with Gasteiger partial charge in [-0.05, 0) is 72.6 Å². The van der Waals surface area contributed by atoms with Gasteiger partial charge in [-0.3, -0.25) is 14.3 Å². The number of benzene rings is 2. The number of carbonyl (C=O) groups excluding carboxylic acids is 2. The van der Waals surface area contributed by atoms with Crippen LogP contribution in [0.5, 0.6) is 0 Å². The maximum Gasteiger partial charge on any atom is 0.416 e. The number of hydrogen-bond donors (Lipinski definition) is 1. The van der Waals surface area contributed by atoms with Crippen LogP contribution in [0.3, 0.4) is 0 Å². The van der Waals surface area contributed by atoms with Gasteiger partial charge in [0.25, 0.3) is 0 Å². The molecule has 1 aliphatic rings. The molecule has 0 aliphatic carbocycles. The van der Waals surface area contributed by atoms with E-state index in [1.165, 1.54) is 17.7 Å². The molecule has 2 aromatic carbocycles. The summed E-state index contributed by atoms with van der Waals surface area (Å²) >= 11 is 0. The summed E-state index contributed by atoms with van der Waals surface area (Å²) in [7, 11) is 1.81. The van der Waals surface area contributed by atoms with Crippen LogP contribution < -0.4 is 5.32 Å². The summed E-state index contributed by atoms with van der Waals surface area (Å²) in [5.74, 6) is 0.360. The first kappa shape index (κ1) is 26.4. The molecule has 196 valence electrons. The lowest BCUT2D eigenvalue weighted by molar-refractivity contribution is -0.137. The molecule has 0 saturated carbocycles. The molecule has 0 spiro atoms. The molecule has 0 radical (unpaired) electrons. The number of likely N-dealkylation sites (tertiary alicyclic amines) is 1. The predicted molar refractivity (Wildman–Crippen MR) is 135 cm³/mol. The fourth-order valence-corrected chi connectivity index (χ4v) is 4.72. The maximum atomic E-state index is 12.7. The normalized spacial score (nSPS) is 14.5. The van der Waals surface area contributed by atoms with Crippen LogP contribution in [0.4, 0.5) is 18.9 Å². The minimum Gasteiger partial charge on any atom is -0.343 e. The van der Waals surface area contributed by atoms with Crippen molar-refractivity contribution < 1.29 is 22.8 Å². The molecule has 1 N–H and O–H groups in total. The minimum atomic E-state index is -4.33. The van der Waals surface area contributed by atoms with E-state index in [-0.39, 0.29) is 18.2 Å².